The molecule has 1 amide bonds. The summed E-state index contributed by atoms with van der Waals surface area (Å²) in [5.74, 6) is 0.352. The molecule has 5 heteroatoms. The van der Waals surface area contributed by atoms with Gasteiger partial charge in [0.05, 0.1) is 0 Å². The lowest BCUT2D eigenvalue weighted by Gasteiger charge is -2.24. The minimum Gasteiger partial charge on any atom is -0.360 e. The molecule has 5 nitrogen and oxygen atoms in total. The summed E-state index contributed by atoms with van der Waals surface area (Å²) in [6, 6.07) is 7.55. The Bertz CT molecular complexity index is 745. The predicted molar refractivity (Wildman–Crippen MR) is 87.1 cm³/mol. The van der Waals surface area contributed by atoms with Crippen molar-refractivity contribution in [3.05, 3.63) is 46.2 Å². The zero-order valence-corrected chi connectivity index (χ0v) is 12.9. The summed E-state index contributed by atoms with van der Waals surface area (Å²) < 4.78 is 0. The van der Waals surface area contributed by atoms with E-state index in [1.807, 2.05) is 26.2 Å². The van der Waals surface area contributed by atoms with E-state index in [2.05, 4.69) is 15.2 Å². The molecule has 0 bridgehead atoms. The molecule has 1 saturated carbocycles. The second-order valence-electron chi connectivity index (χ2n) is 6.16. The van der Waals surface area contributed by atoms with Crippen LogP contribution in [0.4, 0.5) is 0 Å². The van der Waals surface area contributed by atoms with Crippen molar-refractivity contribution in [1.82, 2.24) is 15.2 Å². The molecule has 1 aromatic carbocycles. The third-order valence-corrected chi connectivity index (χ3v) is 4.33. The van der Waals surface area contributed by atoms with Gasteiger partial charge >= 0.3 is 0 Å². The third kappa shape index (κ3) is 2.90. The maximum absolute atomic E-state index is 12.4. The van der Waals surface area contributed by atoms with Gasteiger partial charge in [0.2, 0.25) is 5.43 Å². The van der Waals surface area contributed by atoms with E-state index in [1.54, 1.807) is 12.1 Å². The highest BCUT2D eigenvalue weighted by molar-refractivity contribution is 5.97. The van der Waals surface area contributed by atoms with Crippen LogP contribution in [0.3, 0.4) is 0 Å². The van der Waals surface area contributed by atoms with E-state index < -0.39 is 0 Å². The predicted octanol–water partition coefficient (Wildman–Crippen LogP) is 1.60. The van der Waals surface area contributed by atoms with Crippen LogP contribution in [0.15, 0.2) is 35.3 Å². The third-order valence-electron chi connectivity index (χ3n) is 4.33. The Labute approximate surface area is 129 Å². The summed E-state index contributed by atoms with van der Waals surface area (Å²) in [5.41, 5.74) is 0.694. The first-order valence-corrected chi connectivity index (χ1v) is 7.63. The zero-order chi connectivity index (χ0) is 15.7. The number of nitrogens with zero attached hydrogens (tertiary/aromatic N) is 1. The number of benzene rings is 1. The molecule has 1 fully saturated rings. The minimum absolute atomic E-state index is 0.173. The lowest BCUT2D eigenvalue weighted by molar-refractivity contribution is 0.0937. The van der Waals surface area contributed by atoms with E-state index in [-0.39, 0.29) is 16.9 Å². The van der Waals surface area contributed by atoms with Gasteiger partial charge < -0.3 is 15.2 Å². The van der Waals surface area contributed by atoms with Crippen molar-refractivity contribution in [3.8, 4) is 0 Å². The fourth-order valence-corrected chi connectivity index (χ4v) is 2.88. The summed E-state index contributed by atoms with van der Waals surface area (Å²) in [7, 11) is 4.05. The molecule has 0 saturated heterocycles. The molecule has 0 radical (unpaired) electrons. The second-order valence-corrected chi connectivity index (χ2v) is 6.16. The van der Waals surface area contributed by atoms with Gasteiger partial charge in [0.1, 0.15) is 5.56 Å². The van der Waals surface area contributed by atoms with E-state index in [0.29, 0.717) is 23.9 Å². The molecule has 1 atom stereocenters. The summed E-state index contributed by atoms with van der Waals surface area (Å²) in [5, 5.41) is 3.45. The standard InChI is InChI=1S/C17H21N3O2/c1-20(2)15(11-7-8-11)10-19-17(22)13-9-18-14-6-4-3-5-12(14)16(13)21/h3-6,9,11,15H,7-8,10H2,1-2H3,(H,18,21)(H,19,22)/t15-/m0/s1. The summed E-state index contributed by atoms with van der Waals surface area (Å²) in [4.78, 5) is 29.9. The van der Waals surface area contributed by atoms with Crippen molar-refractivity contribution in [2.45, 2.75) is 18.9 Å². The number of likely N-dealkylation sites (N-methyl/N-ethyl adjacent to an activating group) is 1. The van der Waals surface area contributed by atoms with Gasteiger partial charge in [-0.2, -0.15) is 0 Å². The Kier molecular flexibility index (Phi) is 3.98. The molecule has 3 rings (SSSR count). The number of H-pyrrole nitrogens is 1. The average molecular weight is 299 g/mol. The normalized spacial score (nSPS) is 16.0. The Morgan fingerprint density at radius 1 is 1.36 bits per heavy atom. The first-order chi connectivity index (χ1) is 10.6. The van der Waals surface area contributed by atoms with Gasteiger partial charge in [-0.15, -0.1) is 0 Å². The van der Waals surface area contributed by atoms with Crippen LogP contribution in [0.2, 0.25) is 0 Å². The first-order valence-electron chi connectivity index (χ1n) is 7.63. The number of hydrogen-bond acceptors (Lipinski definition) is 3. The highest BCUT2D eigenvalue weighted by atomic mass is 16.2. The smallest absolute Gasteiger partial charge is 0.256 e. The fourth-order valence-electron chi connectivity index (χ4n) is 2.88. The van der Waals surface area contributed by atoms with E-state index in [9.17, 15) is 9.59 Å². The van der Waals surface area contributed by atoms with E-state index in [4.69, 9.17) is 0 Å². The Balaban J connectivity index is 1.77. The topological polar surface area (TPSA) is 65.2 Å². The van der Waals surface area contributed by atoms with Crippen LogP contribution in [-0.2, 0) is 0 Å². The number of hydrogen-bond donors (Lipinski definition) is 2. The fraction of sp³-hybridized carbons (Fsp3) is 0.412. The molecule has 0 unspecified atom stereocenters. The van der Waals surface area contributed by atoms with E-state index >= 15 is 0 Å². The molecule has 1 aliphatic rings. The van der Waals surface area contributed by atoms with Crippen LogP contribution < -0.4 is 10.7 Å². The van der Waals surface area contributed by atoms with Gasteiger partial charge in [-0.25, -0.2) is 0 Å². The first kappa shape index (κ1) is 14.8. The SMILES string of the molecule is CN(C)[C@@H](CNC(=O)c1c[nH]c2ccccc2c1=O)C1CC1. The molecule has 0 aliphatic heterocycles. The van der Waals surface area contributed by atoms with Crippen molar-refractivity contribution >= 4 is 16.8 Å². The number of pyridine rings is 1. The maximum Gasteiger partial charge on any atom is 0.256 e. The Hall–Kier alpha value is -2.14. The second kappa shape index (κ2) is 5.93. The number of carbonyl (C=O) groups is 1. The monoisotopic (exact) mass is 299 g/mol. The van der Waals surface area contributed by atoms with Gasteiger partial charge in [-0.3, -0.25) is 9.59 Å². The molecule has 2 N–H and O–H groups in total. The number of nitrogens with one attached hydrogen (secondary N) is 2. The lowest BCUT2D eigenvalue weighted by atomic mass is 10.1. The van der Waals surface area contributed by atoms with Crippen LogP contribution in [0, 0.1) is 5.92 Å². The quantitative estimate of drug-likeness (QED) is 0.881. The van der Waals surface area contributed by atoms with Crippen LogP contribution in [0.5, 0.6) is 0 Å². The Morgan fingerprint density at radius 3 is 2.77 bits per heavy atom. The number of para-hydroxylation sites is 1. The zero-order valence-electron chi connectivity index (χ0n) is 12.9. The van der Waals surface area contributed by atoms with Crippen molar-refractivity contribution in [3.63, 3.8) is 0 Å². The van der Waals surface area contributed by atoms with E-state index in [0.717, 1.165) is 5.52 Å². The highest BCUT2D eigenvalue weighted by Gasteiger charge is 2.32. The molecule has 22 heavy (non-hydrogen) atoms. The number of rotatable bonds is 5. The lowest BCUT2D eigenvalue weighted by Crippen LogP contribution is -2.42. The van der Waals surface area contributed by atoms with Gasteiger partial charge in [0, 0.05) is 29.7 Å². The molecule has 1 aliphatic carbocycles. The van der Waals surface area contributed by atoms with Gasteiger partial charge in [0.25, 0.3) is 5.91 Å². The maximum atomic E-state index is 12.4. The average Bonchev–Trinajstić information content (AvgIpc) is 3.32. The van der Waals surface area contributed by atoms with Crippen molar-refractivity contribution < 1.29 is 4.79 Å². The highest BCUT2D eigenvalue weighted by Crippen LogP contribution is 2.34. The largest absolute Gasteiger partial charge is 0.360 e. The Morgan fingerprint density at radius 2 is 2.09 bits per heavy atom. The molecule has 0 spiro atoms. The summed E-state index contributed by atoms with van der Waals surface area (Å²) in [6.07, 6.45) is 3.94. The van der Waals surface area contributed by atoms with Crippen LogP contribution in [0.1, 0.15) is 23.2 Å². The van der Waals surface area contributed by atoms with Crippen LogP contribution >= 0.6 is 0 Å². The van der Waals surface area contributed by atoms with Crippen LogP contribution in [-0.4, -0.2) is 42.5 Å². The molecule has 116 valence electrons. The van der Waals surface area contributed by atoms with Crippen molar-refractivity contribution in [1.29, 1.82) is 0 Å². The van der Waals surface area contributed by atoms with Gasteiger partial charge in [-0.05, 0) is 45.0 Å². The van der Waals surface area contributed by atoms with Gasteiger partial charge in [-0.1, -0.05) is 12.1 Å². The van der Waals surface area contributed by atoms with Crippen LogP contribution in [0.25, 0.3) is 10.9 Å². The van der Waals surface area contributed by atoms with E-state index in [1.165, 1.54) is 19.0 Å². The minimum atomic E-state index is -0.306. The number of aromatic amines is 1. The summed E-state index contributed by atoms with van der Waals surface area (Å²) >= 11 is 0. The molecular formula is C17H21N3O2. The number of fused-ring (bicyclic) bond motifs is 1. The number of aromatic nitrogens is 1. The molecule has 2 aromatic rings. The van der Waals surface area contributed by atoms with Crippen molar-refractivity contribution in [2.24, 2.45) is 5.92 Å². The molecule has 1 aromatic heterocycles. The molecular weight excluding hydrogens is 278 g/mol. The number of amides is 1. The summed E-state index contributed by atoms with van der Waals surface area (Å²) in [6.45, 7) is 0.572. The number of carbonyl (C=O) groups excluding carboxylic acids is 1. The van der Waals surface area contributed by atoms with Gasteiger partial charge in [0.15, 0.2) is 0 Å². The molecule has 1 heterocycles. The van der Waals surface area contributed by atoms with Crippen molar-refractivity contribution in [2.75, 3.05) is 20.6 Å².